The molecule has 5 heteroatoms. The summed E-state index contributed by atoms with van der Waals surface area (Å²) in [6.45, 7) is 0. The van der Waals surface area contributed by atoms with Crippen LogP contribution in [-0.4, -0.2) is 5.11 Å². The fraction of sp³-hybridized carbons (Fsp3) is 0. The molecule has 0 bridgehead atoms. The smallest absolute Gasteiger partial charge is 0.217 e. The highest BCUT2D eigenvalue weighted by Crippen LogP contribution is 2.27. The van der Waals surface area contributed by atoms with Gasteiger partial charge in [-0.15, -0.1) is 0 Å². The number of fused-ring (bicyclic) bond motifs is 1. The van der Waals surface area contributed by atoms with E-state index in [0.717, 1.165) is 24.5 Å². The standard InChI is InChI=1S/C13H8F2O3/c14-3-1-8-5-9-6-10(15)11(17)7-13(9)18-12(8)2-4-16/h1-7,16H/b3-1+,4-2+. The average Bonchev–Trinajstić information content (AvgIpc) is 2.33. The molecular formula is C13H8F2O3. The number of hydrogen-bond donors (Lipinski definition) is 1. The Balaban J connectivity index is 2.77. The maximum atomic E-state index is 13.1. The van der Waals surface area contributed by atoms with Crippen molar-refractivity contribution in [1.29, 1.82) is 0 Å². The van der Waals surface area contributed by atoms with Crippen LogP contribution in [0.3, 0.4) is 0 Å². The maximum Gasteiger partial charge on any atom is 0.217 e. The van der Waals surface area contributed by atoms with E-state index < -0.39 is 11.2 Å². The second-order valence-electron chi connectivity index (χ2n) is 3.49. The largest absolute Gasteiger partial charge is 0.515 e. The van der Waals surface area contributed by atoms with Crippen molar-refractivity contribution >= 4 is 12.2 Å². The van der Waals surface area contributed by atoms with Gasteiger partial charge in [-0.05, 0) is 18.2 Å². The van der Waals surface area contributed by atoms with Gasteiger partial charge in [0.15, 0.2) is 5.82 Å². The number of rotatable bonds is 2. The predicted molar refractivity (Wildman–Crippen MR) is 63.4 cm³/mol. The van der Waals surface area contributed by atoms with Crippen molar-refractivity contribution in [2.24, 2.45) is 0 Å². The van der Waals surface area contributed by atoms with Crippen LogP contribution in [0.2, 0.25) is 0 Å². The van der Waals surface area contributed by atoms with E-state index in [-0.39, 0.29) is 11.5 Å². The summed E-state index contributed by atoms with van der Waals surface area (Å²) in [4.78, 5) is 11.1. The van der Waals surface area contributed by atoms with Gasteiger partial charge in [0.1, 0.15) is 11.5 Å². The molecule has 92 valence electrons. The molecule has 2 rings (SSSR count). The third kappa shape index (κ3) is 2.15. The van der Waals surface area contributed by atoms with Gasteiger partial charge >= 0.3 is 0 Å². The molecule has 0 fully saturated rings. The van der Waals surface area contributed by atoms with E-state index in [1.165, 1.54) is 12.1 Å². The lowest BCUT2D eigenvalue weighted by molar-refractivity contribution is 0.474. The molecule has 3 nitrogen and oxygen atoms in total. The fourth-order valence-electron chi connectivity index (χ4n) is 1.56. The Morgan fingerprint density at radius 2 is 2.00 bits per heavy atom. The van der Waals surface area contributed by atoms with Crippen LogP contribution in [0.5, 0.6) is 0 Å². The molecule has 0 saturated carbocycles. The molecule has 18 heavy (non-hydrogen) atoms. The zero-order valence-corrected chi connectivity index (χ0v) is 9.06. The molecule has 0 saturated heterocycles. The van der Waals surface area contributed by atoms with Crippen LogP contribution < -0.4 is 5.43 Å². The van der Waals surface area contributed by atoms with Gasteiger partial charge in [0, 0.05) is 23.3 Å². The molecule has 1 N–H and O–H groups in total. The molecule has 1 aliphatic carbocycles. The Bertz CT molecular complexity index is 656. The van der Waals surface area contributed by atoms with E-state index in [0.29, 0.717) is 17.5 Å². The summed E-state index contributed by atoms with van der Waals surface area (Å²) in [5.74, 6) is -0.589. The van der Waals surface area contributed by atoms with Crippen LogP contribution in [0, 0.1) is 5.82 Å². The van der Waals surface area contributed by atoms with Crippen LogP contribution in [0.25, 0.3) is 23.5 Å². The van der Waals surface area contributed by atoms with Crippen molar-refractivity contribution < 1.29 is 18.3 Å². The average molecular weight is 250 g/mol. The van der Waals surface area contributed by atoms with E-state index in [1.54, 1.807) is 0 Å². The Labute approximate surface area is 101 Å². The second-order valence-corrected chi connectivity index (χ2v) is 3.49. The topological polar surface area (TPSA) is 50.4 Å². The monoisotopic (exact) mass is 250 g/mol. The third-order valence-corrected chi connectivity index (χ3v) is 2.35. The fourth-order valence-corrected chi connectivity index (χ4v) is 1.56. The van der Waals surface area contributed by atoms with Crippen molar-refractivity contribution in [3.05, 3.63) is 58.2 Å². The Morgan fingerprint density at radius 1 is 1.22 bits per heavy atom. The van der Waals surface area contributed by atoms with Crippen molar-refractivity contribution in [2.75, 3.05) is 0 Å². The van der Waals surface area contributed by atoms with Crippen LogP contribution in [0.15, 0.2) is 40.0 Å². The molecule has 2 aliphatic rings. The predicted octanol–water partition coefficient (Wildman–Crippen LogP) is 3.35. The second kappa shape index (κ2) is 4.83. The van der Waals surface area contributed by atoms with E-state index in [9.17, 15) is 13.6 Å². The summed E-state index contributed by atoms with van der Waals surface area (Å²) in [7, 11) is 0. The van der Waals surface area contributed by atoms with E-state index in [4.69, 9.17) is 9.52 Å². The minimum Gasteiger partial charge on any atom is -0.515 e. The summed E-state index contributed by atoms with van der Waals surface area (Å²) in [5, 5.41) is 8.70. The van der Waals surface area contributed by atoms with Crippen molar-refractivity contribution in [2.45, 2.75) is 0 Å². The first kappa shape index (κ1) is 12.0. The molecule has 0 amide bonds. The van der Waals surface area contributed by atoms with Gasteiger partial charge in [-0.25, -0.2) is 8.78 Å². The highest BCUT2D eigenvalue weighted by Gasteiger charge is 2.12. The molecule has 0 aromatic carbocycles. The highest BCUT2D eigenvalue weighted by molar-refractivity contribution is 5.69. The molecular weight excluding hydrogens is 242 g/mol. The summed E-state index contributed by atoms with van der Waals surface area (Å²) in [5.41, 5.74) is -0.150. The summed E-state index contributed by atoms with van der Waals surface area (Å²) in [6, 6.07) is 3.47. The molecule has 0 radical (unpaired) electrons. The molecule has 1 aliphatic heterocycles. The maximum absolute atomic E-state index is 13.1. The molecule has 0 atom stereocenters. The first-order valence-electron chi connectivity index (χ1n) is 5.00. The number of aliphatic hydroxyl groups is 1. The molecule has 0 aromatic rings. The third-order valence-electron chi connectivity index (χ3n) is 2.35. The first-order valence-corrected chi connectivity index (χ1v) is 5.00. The van der Waals surface area contributed by atoms with Gasteiger partial charge in [-0.3, -0.25) is 4.79 Å². The number of aliphatic hydroxyl groups excluding tert-OH is 1. The Hall–Kier alpha value is -2.43. The lowest BCUT2D eigenvalue weighted by atomic mass is 10.1. The van der Waals surface area contributed by atoms with Crippen LogP contribution >= 0.6 is 0 Å². The lowest BCUT2D eigenvalue weighted by Crippen LogP contribution is -2.05. The quantitative estimate of drug-likeness (QED) is 0.831. The van der Waals surface area contributed by atoms with E-state index >= 15 is 0 Å². The molecule has 0 aromatic heterocycles. The zero-order chi connectivity index (χ0) is 13.1. The Morgan fingerprint density at radius 3 is 2.67 bits per heavy atom. The molecule has 0 unspecified atom stereocenters. The van der Waals surface area contributed by atoms with Crippen molar-refractivity contribution in [1.82, 2.24) is 0 Å². The van der Waals surface area contributed by atoms with Gasteiger partial charge in [0.25, 0.3) is 0 Å². The number of benzene rings is 1. The summed E-state index contributed by atoms with van der Waals surface area (Å²) in [6.07, 6.45) is 3.31. The van der Waals surface area contributed by atoms with Crippen molar-refractivity contribution in [3.8, 4) is 11.3 Å². The highest BCUT2D eigenvalue weighted by atomic mass is 19.1. The first-order chi connectivity index (χ1) is 8.65. The van der Waals surface area contributed by atoms with Gasteiger partial charge in [0.2, 0.25) is 5.43 Å². The van der Waals surface area contributed by atoms with Gasteiger partial charge in [-0.1, -0.05) is 0 Å². The minimum atomic E-state index is -0.904. The number of halogens is 2. The van der Waals surface area contributed by atoms with Gasteiger partial charge in [0.05, 0.1) is 12.6 Å². The zero-order valence-electron chi connectivity index (χ0n) is 9.06. The van der Waals surface area contributed by atoms with E-state index in [2.05, 4.69) is 0 Å². The van der Waals surface area contributed by atoms with Crippen molar-refractivity contribution in [3.63, 3.8) is 0 Å². The number of hydrogen-bond acceptors (Lipinski definition) is 3. The van der Waals surface area contributed by atoms with Crippen LogP contribution in [-0.2, 0) is 0 Å². The minimum absolute atomic E-state index is 0.157. The van der Waals surface area contributed by atoms with E-state index in [1.807, 2.05) is 0 Å². The Kier molecular flexibility index (Phi) is 3.23. The van der Waals surface area contributed by atoms with Crippen LogP contribution in [0.4, 0.5) is 8.78 Å². The summed E-state index contributed by atoms with van der Waals surface area (Å²) >= 11 is 0. The normalized spacial score (nSPS) is 11.9. The van der Waals surface area contributed by atoms with Gasteiger partial charge in [-0.2, -0.15) is 0 Å². The lowest BCUT2D eigenvalue weighted by Gasteiger charge is -2.08. The van der Waals surface area contributed by atoms with Gasteiger partial charge < -0.3 is 9.52 Å². The molecule has 0 spiro atoms. The molecule has 1 heterocycles. The summed E-state index contributed by atoms with van der Waals surface area (Å²) < 4.78 is 30.6. The van der Waals surface area contributed by atoms with Crippen LogP contribution in [0.1, 0.15) is 11.3 Å². The SMILES string of the molecule is O=c1cc2oc(/C=C/O)c(/C=C/F)cc-2cc1F.